The third-order valence-electron chi connectivity index (χ3n) is 2.57. The standard InChI is InChI=1S/C13H11N5/c14-9-5-1-2-6-10(9)17-18-13-15-11-7-3-4-8-12(11)16-13/h1-8H,14H2,(H,15,16). The van der Waals surface area contributed by atoms with E-state index in [-0.39, 0.29) is 0 Å². The highest BCUT2D eigenvalue weighted by atomic mass is 15.2. The summed E-state index contributed by atoms with van der Waals surface area (Å²) in [5.41, 5.74) is 8.81. The van der Waals surface area contributed by atoms with Gasteiger partial charge in [0.1, 0.15) is 5.69 Å². The Bertz CT molecular complexity index is 681. The first-order chi connectivity index (χ1) is 8.83. The Hall–Kier alpha value is -2.69. The summed E-state index contributed by atoms with van der Waals surface area (Å²) in [6, 6.07) is 15.0. The Balaban J connectivity index is 1.95. The third-order valence-corrected chi connectivity index (χ3v) is 2.57. The van der Waals surface area contributed by atoms with Gasteiger partial charge in [-0.3, -0.25) is 0 Å². The van der Waals surface area contributed by atoms with Crippen LogP contribution in [0.3, 0.4) is 0 Å². The maximum Gasteiger partial charge on any atom is 0.247 e. The molecule has 18 heavy (non-hydrogen) atoms. The molecule has 0 spiro atoms. The number of hydrogen-bond acceptors (Lipinski definition) is 4. The summed E-state index contributed by atoms with van der Waals surface area (Å²) in [4.78, 5) is 7.37. The molecular formula is C13H11N5. The number of nitrogens with one attached hydrogen (secondary N) is 1. The van der Waals surface area contributed by atoms with Gasteiger partial charge in [0.2, 0.25) is 5.95 Å². The molecule has 3 aromatic rings. The number of hydrogen-bond donors (Lipinski definition) is 2. The van der Waals surface area contributed by atoms with Crippen molar-refractivity contribution in [1.82, 2.24) is 9.97 Å². The minimum atomic E-state index is 0.472. The summed E-state index contributed by atoms with van der Waals surface area (Å²) in [6.45, 7) is 0. The number of nitrogens with two attached hydrogens (primary N) is 1. The van der Waals surface area contributed by atoms with Gasteiger partial charge in [0, 0.05) is 0 Å². The number of para-hydroxylation sites is 3. The maximum absolute atomic E-state index is 5.78. The van der Waals surface area contributed by atoms with Crippen molar-refractivity contribution in [3.05, 3.63) is 48.5 Å². The predicted molar refractivity (Wildman–Crippen MR) is 71.1 cm³/mol. The molecular weight excluding hydrogens is 226 g/mol. The van der Waals surface area contributed by atoms with Crippen molar-refractivity contribution in [2.24, 2.45) is 10.2 Å². The van der Waals surface area contributed by atoms with Gasteiger partial charge in [-0.1, -0.05) is 24.3 Å². The molecule has 0 atom stereocenters. The Morgan fingerprint density at radius 2 is 1.72 bits per heavy atom. The fourth-order valence-corrected chi connectivity index (χ4v) is 1.67. The molecule has 0 saturated heterocycles. The van der Waals surface area contributed by atoms with Crippen LogP contribution in [0.15, 0.2) is 58.8 Å². The largest absolute Gasteiger partial charge is 0.397 e. The van der Waals surface area contributed by atoms with Crippen LogP contribution in [0.1, 0.15) is 0 Å². The van der Waals surface area contributed by atoms with E-state index in [1.54, 1.807) is 6.07 Å². The van der Waals surface area contributed by atoms with Crippen LogP contribution in [0.2, 0.25) is 0 Å². The molecule has 3 N–H and O–H groups in total. The molecule has 0 unspecified atom stereocenters. The molecule has 0 aliphatic rings. The van der Waals surface area contributed by atoms with Gasteiger partial charge in [-0.2, -0.15) is 0 Å². The summed E-state index contributed by atoms with van der Waals surface area (Å²) < 4.78 is 0. The van der Waals surface area contributed by atoms with Gasteiger partial charge in [0.15, 0.2) is 0 Å². The van der Waals surface area contributed by atoms with Crippen molar-refractivity contribution in [3.63, 3.8) is 0 Å². The molecule has 88 valence electrons. The van der Waals surface area contributed by atoms with Crippen molar-refractivity contribution in [2.45, 2.75) is 0 Å². The second-order valence-corrected chi connectivity index (χ2v) is 3.84. The fourth-order valence-electron chi connectivity index (χ4n) is 1.67. The molecule has 3 rings (SSSR count). The number of aromatic amines is 1. The molecule has 0 saturated carbocycles. The van der Waals surface area contributed by atoms with E-state index < -0.39 is 0 Å². The predicted octanol–water partition coefficient (Wildman–Crippen LogP) is 3.56. The van der Waals surface area contributed by atoms with Crippen molar-refractivity contribution in [1.29, 1.82) is 0 Å². The second-order valence-electron chi connectivity index (χ2n) is 3.84. The van der Waals surface area contributed by atoms with Gasteiger partial charge in [-0.15, -0.1) is 10.2 Å². The van der Waals surface area contributed by atoms with Gasteiger partial charge in [-0.25, -0.2) is 4.98 Å². The number of benzene rings is 2. The Morgan fingerprint density at radius 1 is 0.944 bits per heavy atom. The molecule has 0 aliphatic heterocycles. The number of nitrogen functional groups attached to an aromatic ring is 1. The lowest BCUT2D eigenvalue weighted by Crippen LogP contribution is -1.82. The van der Waals surface area contributed by atoms with E-state index in [0.29, 0.717) is 17.3 Å². The lowest BCUT2D eigenvalue weighted by atomic mass is 10.3. The Labute approximate surface area is 103 Å². The molecule has 5 nitrogen and oxygen atoms in total. The van der Waals surface area contributed by atoms with E-state index in [1.807, 2.05) is 42.5 Å². The third kappa shape index (κ3) is 1.93. The first-order valence-electron chi connectivity index (χ1n) is 5.54. The highest BCUT2D eigenvalue weighted by molar-refractivity contribution is 5.76. The minimum Gasteiger partial charge on any atom is -0.397 e. The van der Waals surface area contributed by atoms with Crippen LogP contribution >= 0.6 is 0 Å². The van der Waals surface area contributed by atoms with E-state index in [1.165, 1.54) is 0 Å². The highest BCUT2D eigenvalue weighted by Crippen LogP contribution is 2.23. The van der Waals surface area contributed by atoms with Crippen LogP contribution in [-0.2, 0) is 0 Å². The van der Waals surface area contributed by atoms with Crippen LogP contribution in [0.5, 0.6) is 0 Å². The van der Waals surface area contributed by atoms with Crippen LogP contribution in [0, 0.1) is 0 Å². The zero-order valence-electron chi connectivity index (χ0n) is 9.54. The molecule has 0 fully saturated rings. The van der Waals surface area contributed by atoms with Crippen molar-refractivity contribution < 1.29 is 0 Å². The van der Waals surface area contributed by atoms with Gasteiger partial charge < -0.3 is 10.7 Å². The van der Waals surface area contributed by atoms with Gasteiger partial charge in [0.25, 0.3) is 0 Å². The average molecular weight is 237 g/mol. The first-order valence-corrected chi connectivity index (χ1v) is 5.54. The number of aromatic nitrogens is 2. The number of anilines is 1. The molecule has 0 amide bonds. The summed E-state index contributed by atoms with van der Waals surface area (Å²) >= 11 is 0. The average Bonchev–Trinajstić information content (AvgIpc) is 2.80. The molecule has 5 heteroatoms. The minimum absolute atomic E-state index is 0.472. The van der Waals surface area contributed by atoms with E-state index in [9.17, 15) is 0 Å². The maximum atomic E-state index is 5.78. The van der Waals surface area contributed by atoms with Gasteiger partial charge >= 0.3 is 0 Å². The van der Waals surface area contributed by atoms with E-state index in [2.05, 4.69) is 20.2 Å². The van der Waals surface area contributed by atoms with E-state index in [4.69, 9.17) is 5.73 Å². The van der Waals surface area contributed by atoms with E-state index >= 15 is 0 Å². The van der Waals surface area contributed by atoms with Crippen LogP contribution < -0.4 is 5.73 Å². The lowest BCUT2D eigenvalue weighted by Gasteiger charge is -1.95. The monoisotopic (exact) mass is 237 g/mol. The van der Waals surface area contributed by atoms with Crippen molar-refractivity contribution >= 4 is 28.4 Å². The number of H-pyrrole nitrogens is 1. The van der Waals surface area contributed by atoms with Gasteiger partial charge in [-0.05, 0) is 24.3 Å². The topological polar surface area (TPSA) is 79.4 Å². The van der Waals surface area contributed by atoms with Crippen LogP contribution in [-0.4, -0.2) is 9.97 Å². The summed E-state index contributed by atoms with van der Waals surface area (Å²) in [5, 5.41) is 8.13. The van der Waals surface area contributed by atoms with E-state index in [0.717, 1.165) is 11.0 Å². The Kier molecular flexibility index (Phi) is 2.49. The lowest BCUT2D eigenvalue weighted by molar-refractivity contribution is 1.14. The molecule has 2 aromatic carbocycles. The number of imidazole rings is 1. The summed E-state index contributed by atoms with van der Waals surface area (Å²) in [7, 11) is 0. The Morgan fingerprint density at radius 3 is 2.56 bits per heavy atom. The highest BCUT2D eigenvalue weighted by Gasteiger charge is 2.00. The number of rotatable bonds is 2. The quantitative estimate of drug-likeness (QED) is 0.528. The summed E-state index contributed by atoms with van der Waals surface area (Å²) in [6.07, 6.45) is 0. The zero-order chi connectivity index (χ0) is 12.4. The zero-order valence-corrected chi connectivity index (χ0v) is 9.54. The SMILES string of the molecule is Nc1ccccc1N=Nc1nc2ccccc2[nH]1. The smallest absolute Gasteiger partial charge is 0.247 e. The van der Waals surface area contributed by atoms with Crippen molar-refractivity contribution in [2.75, 3.05) is 5.73 Å². The number of azo groups is 1. The fraction of sp³-hybridized carbons (Fsp3) is 0. The molecule has 0 radical (unpaired) electrons. The number of nitrogens with zero attached hydrogens (tertiary/aromatic N) is 3. The molecule has 1 heterocycles. The van der Waals surface area contributed by atoms with Crippen LogP contribution in [0.4, 0.5) is 17.3 Å². The molecule has 0 aliphatic carbocycles. The molecule has 0 bridgehead atoms. The van der Waals surface area contributed by atoms with Crippen molar-refractivity contribution in [3.8, 4) is 0 Å². The second kappa shape index (κ2) is 4.29. The molecule has 1 aromatic heterocycles. The van der Waals surface area contributed by atoms with Gasteiger partial charge in [0.05, 0.1) is 16.7 Å². The van der Waals surface area contributed by atoms with Crippen LogP contribution in [0.25, 0.3) is 11.0 Å². The number of fused-ring (bicyclic) bond motifs is 1. The summed E-state index contributed by atoms with van der Waals surface area (Å²) in [5.74, 6) is 0.472. The normalized spacial score (nSPS) is 11.3. The first kappa shape index (κ1) is 10.5.